The van der Waals surface area contributed by atoms with Gasteiger partial charge in [-0.15, -0.1) is 0 Å². The molecule has 3 heterocycles. The van der Waals surface area contributed by atoms with Crippen molar-refractivity contribution in [3.05, 3.63) is 47.3 Å². The van der Waals surface area contributed by atoms with Crippen LogP contribution in [0, 0.1) is 17.2 Å². The summed E-state index contributed by atoms with van der Waals surface area (Å²) in [7, 11) is 1.52. The molecular formula is C28H35FN2O4. The van der Waals surface area contributed by atoms with Gasteiger partial charge < -0.3 is 19.5 Å². The maximum absolute atomic E-state index is 15.0. The van der Waals surface area contributed by atoms with Crippen molar-refractivity contribution in [1.82, 2.24) is 10.2 Å². The number of halogens is 1. The van der Waals surface area contributed by atoms with Crippen LogP contribution in [0.15, 0.2) is 30.3 Å². The molecule has 1 N–H and O–H groups in total. The molecule has 2 aromatic rings. The lowest BCUT2D eigenvalue weighted by Crippen LogP contribution is -2.53. The Bertz CT molecular complexity index is 1110. The summed E-state index contributed by atoms with van der Waals surface area (Å²) in [6.07, 6.45) is 2.54. The maximum atomic E-state index is 15.0. The van der Waals surface area contributed by atoms with Crippen LogP contribution < -0.4 is 14.8 Å². The van der Waals surface area contributed by atoms with Crippen LogP contribution in [-0.2, 0) is 11.2 Å². The van der Waals surface area contributed by atoms with Gasteiger partial charge in [0.05, 0.1) is 19.8 Å². The van der Waals surface area contributed by atoms with Gasteiger partial charge in [0, 0.05) is 23.7 Å². The van der Waals surface area contributed by atoms with Crippen molar-refractivity contribution >= 4 is 6.09 Å². The molecule has 3 aliphatic heterocycles. The minimum atomic E-state index is -0.363. The summed E-state index contributed by atoms with van der Waals surface area (Å²) in [6, 6.07) is 8.61. The zero-order valence-electron chi connectivity index (χ0n) is 21.0. The first-order valence-corrected chi connectivity index (χ1v) is 12.6. The maximum Gasteiger partial charge on any atom is 0.407 e. The fourth-order valence-corrected chi connectivity index (χ4v) is 6.01. The Morgan fingerprint density at radius 1 is 1.17 bits per heavy atom. The van der Waals surface area contributed by atoms with Crippen LogP contribution in [0.5, 0.6) is 11.5 Å². The van der Waals surface area contributed by atoms with E-state index >= 15 is 0 Å². The largest absolute Gasteiger partial charge is 0.497 e. The minimum absolute atomic E-state index is 0.0408. The van der Waals surface area contributed by atoms with Crippen molar-refractivity contribution in [2.45, 2.75) is 52.2 Å². The van der Waals surface area contributed by atoms with E-state index in [0.29, 0.717) is 35.2 Å². The van der Waals surface area contributed by atoms with E-state index in [2.05, 4.69) is 24.1 Å². The van der Waals surface area contributed by atoms with Crippen molar-refractivity contribution in [1.29, 1.82) is 0 Å². The third kappa shape index (κ3) is 4.58. The molecule has 0 aromatic heterocycles. The van der Waals surface area contributed by atoms with Crippen LogP contribution in [0.2, 0.25) is 0 Å². The number of hydrogen-bond acceptors (Lipinski definition) is 5. The van der Waals surface area contributed by atoms with Crippen LogP contribution >= 0.6 is 0 Å². The van der Waals surface area contributed by atoms with E-state index in [4.69, 9.17) is 14.2 Å². The fraction of sp³-hybridized carbons (Fsp3) is 0.536. The van der Waals surface area contributed by atoms with Crippen LogP contribution in [0.25, 0.3) is 11.1 Å². The standard InChI is InChI=1S/C28H35FN2O4/c1-5-34-24-14-21-18(12-22(24)20-7-6-19(33-4)13-23(20)29)15-28(2,3)26(21)30-27(32)35-25-16-31-10-8-17(25)9-11-31/h6-7,12-14,17,25-26H,5,8-11,15-16H2,1-4H3,(H,30,32)/t25?,26-/m0/s1. The molecule has 0 saturated carbocycles. The summed E-state index contributed by atoms with van der Waals surface area (Å²) in [6.45, 7) is 9.67. The number of ether oxygens (including phenoxy) is 3. The smallest absolute Gasteiger partial charge is 0.407 e. The molecule has 3 fully saturated rings. The number of hydrogen-bond donors (Lipinski definition) is 1. The Kier molecular flexibility index (Phi) is 6.38. The van der Waals surface area contributed by atoms with Gasteiger partial charge in [0.1, 0.15) is 23.4 Å². The normalized spacial score (nSPS) is 26.2. The van der Waals surface area contributed by atoms with E-state index in [-0.39, 0.29) is 29.5 Å². The molecule has 2 atom stereocenters. The van der Waals surface area contributed by atoms with Crippen molar-refractivity contribution in [2.24, 2.45) is 11.3 Å². The molecule has 2 bridgehead atoms. The Balaban J connectivity index is 1.42. The number of nitrogens with one attached hydrogen (secondary N) is 1. The predicted octanol–water partition coefficient (Wildman–Crippen LogP) is 5.34. The minimum Gasteiger partial charge on any atom is -0.497 e. The number of benzene rings is 2. The zero-order chi connectivity index (χ0) is 24.7. The first-order chi connectivity index (χ1) is 16.8. The average Bonchev–Trinajstić information content (AvgIpc) is 3.08. The highest BCUT2D eigenvalue weighted by atomic mass is 19.1. The molecule has 188 valence electrons. The Hall–Kier alpha value is -2.80. The van der Waals surface area contributed by atoms with Crippen LogP contribution in [0.1, 0.15) is 50.8 Å². The van der Waals surface area contributed by atoms with Crippen LogP contribution in [0.3, 0.4) is 0 Å². The quantitative estimate of drug-likeness (QED) is 0.602. The van der Waals surface area contributed by atoms with Gasteiger partial charge in [0.15, 0.2) is 0 Å². The van der Waals surface area contributed by atoms with Gasteiger partial charge >= 0.3 is 6.09 Å². The van der Waals surface area contributed by atoms with Crippen molar-refractivity contribution in [3.8, 4) is 22.6 Å². The van der Waals surface area contributed by atoms with Gasteiger partial charge in [-0.3, -0.25) is 4.90 Å². The Labute approximate surface area is 206 Å². The SMILES string of the molecule is CCOc1cc2c(cc1-c1ccc(OC)cc1F)CC(C)(C)[C@H]2NC(=O)OC1CN2CCC1CC2. The molecule has 0 spiro atoms. The lowest BCUT2D eigenvalue weighted by atomic mass is 9.85. The number of amides is 1. The lowest BCUT2D eigenvalue weighted by molar-refractivity contribution is -0.0349. The summed E-state index contributed by atoms with van der Waals surface area (Å²) >= 11 is 0. The molecule has 1 amide bonds. The highest BCUT2D eigenvalue weighted by molar-refractivity contribution is 5.75. The van der Waals surface area contributed by atoms with Crippen LogP contribution in [0.4, 0.5) is 9.18 Å². The van der Waals surface area contributed by atoms with E-state index in [1.807, 2.05) is 19.1 Å². The highest BCUT2D eigenvalue weighted by Crippen LogP contribution is 2.49. The van der Waals surface area contributed by atoms with E-state index in [9.17, 15) is 9.18 Å². The van der Waals surface area contributed by atoms with E-state index in [1.165, 1.54) is 13.2 Å². The predicted molar refractivity (Wildman–Crippen MR) is 132 cm³/mol. The Morgan fingerprint density at radius 3 is 2.57 bits per heavy atom. The van der Waals surface area contributed by atoms with E-state index in [0.717, 1.165) is 50.0 Å². The molecular weight excluding hydrogens is 447 g/mol. The molecule has 2 aromatic carbocycles. The molecule has 7 heteroatoms. The summed E-state index contributed by atoms with van der Waals surface area (Å²) in [5, 5.41) is 3.16. The average molecular weight is 483 g/mol. The molecule has 4 aliphatic rings. The van der Waals surface area contributed by atoms with Gasteiger partial charge in [0.2, 0.25) is 0 Å². The third-order valence-corrected chi connectivity index (χ3v) is 7.86. The summed E-state index contributed by atoms with van der Waals surface area (Å²) in [5.41, 5.74) is 3.03. The van der Waals surface area contributed by atoms with Crippen molar-refractivity contribution < 1.29 is 23.4 Å². The Morgan fingerprint density at radius 2 is 1.94 bits per heavy atom. The first-order valence-electron chi connectivity index (χ1n) is 12.6. The molecule has 1 unspecified atom stereocenters. The number of carbonyl (C=O) groups is 1. The summed E-state index contributed by atoms with van der Waals surface area (Å²) < 4.78 is 32.0. The monoisotopic (exact) mass is 482 g/mol. The molecule has 6 rings (SSSR count). The molecule has 1 aliphatic carbocycles. The lowest BCUT2D eigenvalue weighted by Gasteiger charge is -2.44. The first kappa shape index (κ1) is 23.9. The number of carbonyl (C=O) groups excluding carboxylic acids is 1. The van der Waals surface area contributed by atoms with Crippen molar-refractivity contribution in [3.63, 3.8) is 0 Å². The third-order valence-electron chi connectivity index (χ3n) is 7.86. The highest BCUT2D eigenvalue weighted by Gasteiger charge is 2.42. The molecule has 3 saturated heterocycles. The topological polar surface area (TPSA) is 60.0 Å². The number of piperidine rings is 3. The van der Waals surface area contributed by atoms with Gasteiger partial charge in [-0.05, 0) is 86.0 Å². The van der Waals surface area contributed by atoms with E-state index in [1.54, 1.807) is 12.1 Å². The molecule has 6 nitrogen and oxygen atoms in total. The fourth-order valence-electron chi connectivity index (χ4n) is 6.01. The second-order valence-electron chi connectivity index (χ2n) is 10.7. The number of methoxy groups -OCH3 is 1. The number of rotatable bonds is 6. The van der Waals surface area contributed by atoms with Gasteiger partial charge in [-0.1, -0.05) is 13.8 Å². The second-order valence-corrected chi connectivity index (χ2v) is 10.7. The molecule has 35 heavy (non-hydrogen) atoms. The number of fused-ring (bicyclic) bond motifs is 4. The number of alkyl carbamates (subject to hydrolysis) is 1. The van der Waals surface area contributed by atoms with Crippen LogP contribution in [-0.4, -0.2) is 50.4 Å². The zero-order valence-corrected chi connectivity index (χ0v) is 21.0. The van der Waals surface area contributed by atoms with Gasteiger partial charge in [0.25, 0.3) is 0 Å². The van der Waals surface area contributed by atoms with Crippen molar-refractivity contribution in [2.75, 3.05) is 33.4 Å². The van der Waals surface area contributed by atoms with E-state index < -0.39 is 0 Å². The summed E-state index contributed by atoms with van der Waals surface area (Å²) in [4.78, 5) is 15.4. The molecule has 0 radical (unpaired) electrons. The van der Waals surface area contributed by atoms with Gasteiger partial charge in [-0.25, -0.2) is 9.18 Å². The van der Waals surface area contributed by atoms with Gasteiger partial charge in [-0.2, -0.15) is 0 Å². The summed E-state index contributed by atoms with van der Waals surface area (Å²) in [5.74, 6) is 1.17. The number of nitrogens with zero attached hydrogens (tertiary/aromatic N) is 1. The second kappa shape index (κ2) is 9.34.